The highest BCUT2D eigenvalue weighted by Crippen LogP contribution is 2.13. The zero-order chi connectivity index (χ0) is 22.2. The Kier molecular flexibility index (Phi) is 7.66. The molecule has 1 saturated heterocycles. The number of carbonyl (C=O) groups is 3. The number of nitrogens with zero attached hydrogens (tertiary/aromatic N) is 2. The molecule has 0 spiro atoms. The van der Waals surface area contributed by atoms with Gasteiger partial charge in [0.2, 0.25) is 0 Å². The van der Waals surface area contributed by atoms with Crippen LogP contribution in [0.15, 0.2) is 47.8 Å². The number of carboxylic acid groups (broad SMARTS) is 1. The molecule has 1 aromatic rings. The van der Waals surface area contributed by atoms with Crippen molar-refractivity contribution in [2.45, 2.75) is 12.8 Å². The second kappa shape index (κ2) is 10.6. The van der Waals surface area contributed by atoms with E-state index in [0.29, 0.717) is 57.0 Å². The molecule has 3 N–H and O–H groups in total. The summed E-state index contributed by atoms with van der Waals surface area (Å²) < 4.78 is 5.14. The second-order valence-corrected chi connectivity index (χ2v) is 7.41. The van der Waals surface area contributed by atoms with Gasteiger partial charge in [0.25, 0.3) is 11.8 Å². The predicted octanol–water partition coefficient (Wildman–Crippen LogP) is 0.344. The number of benzene rings is 1. The number of hydrogen-bond acceptors (Lipinski definition) is 6. The van der Waals surface area contributed by atoms with Gasteiger partial charge in [0, 0.05) is 32.7 Å². The first-order valence-electron chi connectivity index (χ1n) is 10.3. The number of piperazine rings is 1. The number of allylic oxidation sites excluding steroid dienone is 2. The molecule has 0 atom stereocenters. The quantitative estimate of drug-likeness (QED) is 0.548. The fraction of sp³-hybridized carbons (Fsp3) is 0.409. The van der Waals surface area contributed by atoms with Crippen molar-refractivity contribution in [3.8, 4) is 5.75 Å². The Hall–Kier alpha value is -3.33. The lowest BCUT2D eigenvalue weighted by atomic mass is 10.1. The number of amides is 2. The van der Waals surface area contributed by atoms with Crippen LogP contribution in [0.25, 0.3) is 0 Å². The summed E-state index contributed by atoms with van der Waals surface area (Å²) in [5.41, 5.74) is 1.84. The summed E-state index contributed by atoms with van der Waals surface area (Å²) in [5, 5.41) is 14.7. The van der Waals surface area contributed by atoms with Crippen molar-refractivity contribution in [1.29, 1.82) is 0 Å². The molecule has 166 valence electrons. The Morgan fingerprint density at radius 1 is 1.06 bits per heavy atom. The highest BCUT2D eigenvalue weighted by molar-refractivity contribution is 5.98. The van der Waals surface area contributed by atoms with Gasteiger partial charge in [-0.3, -0.25) is 19.3 Å². The van der Waals surface area contributed by atoms with Crippen LogP contribution in [0.1, 0.15) is 12.0 Å². The normalized spacial score (nSPS) is 16.6. The Bertz CT molecular complexity index is 870. The van der Waals surface area contributed by atoms with E-state index in [9.17, 15) is 14.4 Å². The van der Waals surface area contributed by atoms with Crippen molar-refractivity contribution in [2.75, 3.05) is 46.4 Å². The Balaban J connectivity index is 1.44. The summed E-state index contributed by atoms with van der Waals surface area (Å²) in [4.78, 5) is 39.6. The van der Waals surface area contributed by atoms with Crippen LogP contribution in [0.5, 0.6) is 5.75 Å². The minimum atomic E-state index is -0.871. The molecular formula is C22H28N4O5. The van der Waals surface area contributed by atoms with E-state index in [2.05, 4.69) is 10.6 Å². The third kappa shape index (κ3) is 6.32. The van der Waals surface area contributed by atoms with Crippen LogP contribution in [-0.2, 0) is 20.8 Å². The predicted molar refractivity (Wildman–Crippen MR) is 114 cm³/mol. The maximum absolute atomic E-state index is 12.8. The molecule has 9 nitrogen and oxygen atoms in total. The molecule has 2 amide bonds. The summed E-state index contributed by atoms with van der Waals surface area (Å²) in [5.74, 6) is -0.509. The van der Waals surface area contributed by atoms with E-state index in [-0.39, 0.29) is 18.4 Å². The Morgan fingerprint density at radius 3 is 2.39 bits per heavy atom. The summed E-state index contributed by atoms with van der Waals surface area (Å²) in [6.45, 7) is 2.39. The van der Waals surface area contributed by atoms with Crippen LogP contribution in [0.3, 0.4) is 0 Å². The van der Waals surface area contributed by atoms with E-state index in [1.54, 1.807) is 29.1 Å². The molecule has 9 heteroatoms. The average molecular weight is 428 g/mol. The van der Waals surface area contributed by atoms with Gasteiger partial charge in [0.05, 0.1) is 13.7 Å². The molecule has 0 unspecified atom stereocenters. The van der Waals surface area contributed by atoms with E-state index in [1.165, 1.54) is 0 Å². The number of aliphatic carboxylic acids is 1. The maximum atomic E-state index is 12.8. The van der Waals surface area contributed by atoms with Gasteiger partial charge in [0.15, 0.2) is 0 Å². The minimum Gasteiger partial charge on any atom is -0.497 e. The van der Waals surface area contributed by atoms with Crippen molar-refractivity contribution in [2.24, 2.45) is 0 Å². The van der Waals surface area contributed by atoms with Gasteiger partial charge < -0.3 is 25.4 Å². The molecule has 2 heterocycles. The molecule has 2 aliphatic heterocycles. The highest BCUT2D eigenvalue weighted by Gasteiger charge is 2.26. The molecule has 2 aliphatic rings. The van der Waals surface area contributed by atoms with Gasteiger partial charge >= 0.3 is 5.97 Å². The molecule has 0 saturated carbocycles. The first-order valence-corrected chi connectivity index (χ1v) is 10.3. The lowest BCUT2D eigenvalue weighted by Crippen LogP contribution is -2.51. The van der Waals surface area contributed by atoms with E-state index < -0.39 is 5.97 Å². The maximum Gasteiger partial charge on any atom is 0.317 e. The number of dihydropyridines is 1. The highest BCUT2D eigenvalue weighted by atomic mass is 16.5. The van der Waals surface area contributed by atoms with Crippen LogP contribution in [0, 0.1) is 0 Å². The number of rotatable bonds is 8. The third-order valence-electron chi connectivity index (χ3n) is 5.26. The lowest BCUT2D eigenvalue weighted by Gasteiger charge is -2.34. The van der Waals surface area contributed by atoms with Crippen molar-refractivity contribution in [1.82, 2.24) is 20.4 Å². The van der Waals surface area contributed by atoms with Crippen LogP contribution in [0.2, 0.25) is 0 Å². The van der Waals surface area contributed by atoms with Crippen LogP contribution >= 0.6 is 0 Å². The van der Waals surface area contributed by atoms with E-state index in [1.807, 2.05) is 24.3 Å². The monoisotopic (exact) mass is 428 g/mol. The van der Waals surface area contributed by atoms with Crippen LogP contribution < -0.4 is 15.4 Å². The van der Waals surface area contributed by atoms with Crippen LogP contribution in [-0.4, -0.2) is 79.1 Å². The molecule has 0 radical (unpaired) electrons. The molecule has 0 bridgehead atoms. The summed E-state index contributed by atoms with van der Waals surface area (Å²) in [6.07, 6.45) is 4.70. The molecule has 1 aromatic carbocycles. The number of nitrogens with one attached hydrogen (secondary N) is 2. The fourth-order valence-corrected chi connectivity index (χ4v) is 3.51. The van der Waals surface area contributed by atoms with E-state index in [4.69, 9.17) is 9.84 Å². The standard InChI is InChI=1S/C22H28N4O5/c1-31-17-7-5-16(6-8-17)9-10-23-21(29)18-3-2-4-19(24-18)22(30)26-13-11-25(12-14-26)15-20(27)28/h3-8,24H,2,9-15H2,1H3,(H,23,29)(H,27,28). The minimum absolute atomic E-state index is 0.0213. The van der Waals surface area contributed by atoms with Crippen molar-refractivity contribution in [3.63, 3.8) is 0 Å². The van der Waals surface area contributed by atoms with Crippen LogP contribution in [0.4, 0.5) is 0 Å². The second-order valence-electron chi connectivity index (χ2n) is 7.41. The summed E-state index contributed by atoms with van der Waals surface area (Å²) in [7, 11) is 1.62. The molecule has 0 aliphatic carbocycles. The van der Waals surface area contributed by atoms with Gasteiger partial charge in [0.1, 0.15) is 17.1 Å². The fourth-order valence-electron chi connectivity index (χ4n) is 3.51. The van der Waals surface area contributed by atoms with Gasteiger partial charge in [-0.1, -0.05) is 24.3 Å². The van der Waals surface area contributed by atoms with Crippen molar-refractivity contribution in [3.05, 3.63) is 53.4 Å². The Labute approximate surface area is 181 Å². The molecule has 3 rings (SSSR count). The van der Waals surface area contributed by atoms with Crippen molar-refractivity contribution < 1.29 is 24.2 Å². The van der Waals surface area contributed by atoms with E-state index >= 15 is 0 Å². The number of hydrogen-bond donors (Lipinski definition) is 3. The summed E-state index contributed by atoms with van der Waals surface area (Å²) in [6, 6.07) is 7.68. The van der Waals surface area contributed by atoms with Gasteiger partial charge in [-0.25, -0.2) is 0 Å². The SMILES string of the molecule is COc1ccc(CCNC(=O)C2=CCC=C(C(=O)N3CCN(CC(=O)O)CC3)N2)cc1. The molecule has 31 heavy (non-hydrogen) atoms. The Morgan fingerprint density at radius 2 is 1.74 bits per heavy atom. The topological polar surface area (TPSA) is 111 Å². The number of methoxy groups -OCH3 is 1. The zero-order valence-corrected chi connectivity index (χ0v) is 17.6. The molecular weight excluding hydrogens is 400 g/mol. The number of ether oxygens (including phenoxy) is 1. The average Bonchev–Trinajstić information content (AvgIpc) is 2.79. The van der Waals surface area contributed by atoms with Gasteiger partial charge in [-0.15, -0.1) is 0 Å². The molecule has 1 fully saturated rings. The van der Waals surface area contributed by atoms with Crippen molar-refractivity contribution >= 4 is 17.8 Å². The summed E-state index contributed by atoms with van der Waals surface area (Å²) >= 11 is 0. The largest absolute Gasteiger partial charge is 0.497 e. The smallest absolute Gasteiger partial charge is 0.317 e. The first-order chi connectivity index (χ1) is 15.0. The van der Waals surface area contributed by atoms with Gasteiger partial charge in [-0.2, -0.15) is 0 Å². The third-order valence-corrected chi connectivity index (χ3v) is 5.26. The zero-order valence-electron chi connectivity index (χ0n) is 17.6. The molecule has 0 aromatic heterocycles. The van der Waals surface area contributed by atoms with Gasteiger partial charge in [-0.05, 0) is 30.5 Å². The number of carbonyl (C=O) groups excluding carboxylic acids is 2. The first kappa shape index (κ1) is 22.4. The number of carboxylic acids is 1. The lowest BCUT2D eigenvalue weighted by molar-refractivity contribution is -0.139. The van der Waals surface area contributed by atoms with E-state index in [0.717, 1.165) is 11.3 Å².